The molecule has 10 rings (SSSR count). The van der Waals surface area contributed by atoms with Gasteiger partial charge in [-0.1, -0.05) is 27.7 Å². The van der Waals surface area contributed by atoms with Gasteiger partial charge in [-0.25, -0.2) is 9.97 Å². The molecule has 6 saturated carbocycles. The molecule has 5 heteroatoms. The second-order valence-corrected chi connectivity index (χ2v) is 13.6. The van der Waals surface area contributed by atoms with Crippen molar-refractivity contribution in [1.29, 1.82) is 0 Å². The Bertz CT molecular complexity index is 1410. The first-order chi connectivity index (χ1) is 17.9. The normalized spacial score (nSPS) is 39.2. The summed E-state index contributed by atoms with van der Waals surface area (Å²) in [6, 6.07) is 2.09. The van der Waals surface area contributed by atoms with Gasteiger partial charge in [0.15, 0.2) is 5.65 Å². The number of rotatable bonds is 2. The molecule has 4 unspecified atom stereocenters. The van der Waals surface area contributed by atoms with E-state index in [4.69, 9.17) is 19.9 Å². The number of H-pyrrole nitrogens is 1. The van der Waals surface area contributed by atoms with Crippen molar-refractivity contribution in [2.45, 2.75) is 89.9 Å². The minimum Gasteiger partial charge on any atom is -0.345 e. The Morgan fingerprint density at radius 2 is 1.16 bits per heavy atom. The fourth-order valence-corrected chi connectivity index (χ4v) is 10.6. The van der Waals surface area contributed by atoms with E-state index in [0.29, 0.717) is 23.7 Å². The van der Waals surface area contributed by atoms with E-state index in [1.165, 1.54) is 62.5 Å². The van der Waals surface area contributed by atoms with Gasteiger partial charge in [-0.2, -0.15) is 0 Å². The third kappa shape index (κ3) is 2.71. The van der Waals surface area contributed by atoms with Crippen LogP contribution >= 0.6 is 0 Å². The minimum absolute atomic E-state index is 0.0773. The lowest BCUT2D eigenvalue weighted by Crippen LogP contribution is -2.51. The topological polar surface area (TPSA) is 67.3 Å². The smallest absolute Gasteiger partial charge is 0.156 e. The van der Waals surface area contributed by atoms with E-state index in [0.717, 1.165) is 45.1 Å². The maximum atomic E-state index is 5.46. The van der Waals surface area contributed by atoms with Gasteiger partial charge in [0.05, 0.1) is 22.1 Å². The van der Waals surface area contributed by atoms with Crippen molar-refractivity contribution in [2.75, 3.05) is 0 Å². The minimum atomic E-state index is 0.0773. The van der Waals surface area contributed by atoms with Crippen molar-refractivity contribution in [3.8, 4) is 0 Å². The first kappa shape index (κ1) is 22.4. The van der Waals surface area contributed by atoms with Crippen molar-refractivity contribution in [1.82, 2.24) is 24.9 Å². The predicted octanol–water partition coefficient (Wildman–Crippen LogP) is 7.48. The molecule has 0 radical (unpaired) electrons. The van der Waals surface area contributed by atoms with E-state index in [9.17, 15) is 0 Å². The highest BCUT2D eigenvalue weighted by Gasteiger charge is 2.56. The first-order valence-corrected chi connectivity index (χ1v) is 14.9. The number of hydrogen-bond acceptors (Lipinski definition) is 4. The van der Waals surface area contributed by atoms with Gasteiger partial charge in [-0.3, -0.25) is 9.97 Å². The summed E-state index contributed by atoms with van der Waals surface area (Å²) in [5, 5.41) is 0. The average molecular weight is 494 g/mol. The van der Waals surface area contributed by atoms with Gasteiger partial charge in [0, 0.05) is 40.5 Å². The largest absolute Gasteiger partial charge is 0.345 e. The third-order valence-corrected chi connectivity index (χ3v) is 12.2. The van der Waals surface area contributed by atoms with Crippen molar-refractivity contribution in [3.63, 3.8) is 0 Å². The molecule has 6 aliphatic rings. The fraction of sp³-hybridized carbons (Fsp3) is 0.625. The van der Waals surface area contributed by atoms with Crippen LogP contribution in [0.15, 0.2) is 24.7 Å². The number of hydrogen-bond donors (Lipinski definition) is 1. The number of nitrogens with zero attached hydrogens (tertiary/aromatic N) is 4. The van der Waals surface area contributed by atoms with Gasteiger partial charge in [0.2, 0.25) is 0 Å². The lowest BCUT2D eigenvalue weighted by atomic mass is 9.47. The van der Waals surface area contributed by atoms with Gasteiger partial charge >= 0.3 is 0 Å². The number of aromatic amines is 1. The Labute approximate surface area is 219 Å². The Hall–Kier alpha value is -2.56. The molecule has 3 heterocycles. The second kappa shape index (κ2) is 7.51. The molecule has 4 aromatic rings. The van der Waals surface area contributed by atoms with E-state index >= 15 is 0 Å². The van der Waals surface area contributed by atoms with Crippen molar-refractivity contribution < 1.29 is 0 Å². The molecule has 6 fully saturated rings. The van der Waals surface area contributed by atoms with E-state index in [1.54, 1.807) is 0 Å². The monoisotopic (exact) mass is 493 g/mol. The molecule has 192 valence electrons. The molecule has 0 aliphatic heterocycles. The third-order valence-electron chi connectivity index (χ3n) is 12.2. The van der Waals surface area contributed by atoms with Gasteiger partial charge < -0.3 is 4.98 Å². The van der Waals surface area contributed by atoms with Crippen molar-refractivity contribution >= 4 is 33.2 Å². The van der Waals surface area contributed by atoms with Crippen LogP contribution in [0.25, 0.3) is 33.2 Å². The molecule has 1 aromatic carbocycles. The fourth-order valence-electron chi connectivity index (χ4n) is 10.6. The van der Waals surface area contributed by atoms with Crippen LogP contribution in [0.1, 0.15) is 90.2 Å². The predicted molar refractivity (Wildman–Crippen MR) is 148 cm³/mol. The molecule has 6 aliphatic carbocycles. The highest BCUT2D eigenvalue weighted by Crippen LogP contribution is 2.63. The molecule has 37 heavy (non-hydrogen) atoms. The van der Waals surface area contributed by atoms with Gasteiger partial charge in [-0.15, -0.1) is 0 Å². The molecular formula is C32H39N5. The van der Waals surface area contributed by atoms with Gasteiger partial charge in [0.25, 0.3) is 0 Å². The molecule has 4 bridgehead atoms. The van der Waals surface area contributed by atoms with Crippen molar-refractivity contribution in [3.05, 3.63) is 35.8 Å². The zero-order chi connectivity index (χ0) is 25.1. The summed E-state index contributed by atoms with van der Waals surface area (Å²) in [5.74, 6) is 4.18. The molecule has 0 spiro atoms. The Kier molecular flexibility index (Phi) is 4.55. The highest BCUT2D eigenvalue weighted by molar-refractivity contribution is 6.03. The Balaban J connectivity index is 1.56. The van der Waals surface area contributed by atoms with Crippen LogP contribution in [0.3, 0.4) is 0 Å². The summed E-state index contributed by atoms with van der Waals surface area (Å²) < 4.78 is 0. The van der Waals surface area contributed by atoms with Gasteiger partial charge in [-0.05, 0) is 92.9 Å². The standard InChI is InChI=1S/C32H39N5/c1-17-13-21-5-8-31(17,18(2)14-21)24-26-27(34-12-11-33-26)25(29-28(24)36-23-7-10-35-30(23)37-29)32-9-6-22(15-19(32)3)16-20(32)4/h7,10-12,17-22H,5-6,8-9,13-16H2,1-4H3,(H,35,37). The molecule has 4 atom stereocenters. The zero-order valence-corrected chi connectivity index (χ0v) is 22.7. The number of benzene rings is 1. The summed E-state index contributed by atoms with van der Waals surface area (Å²) in [6.07, 6.45) is 16.2. The van der Waals surface area contributed by atoms with E-state index < -0.39 is 0 Å². The molecule has 1 N–H and O–H groups in total. The van der Waals surface area contributed by atoms with E-state index in [1.807, 2.05) is 18.6 Å². The SMILES string of the molecule is CC1CC2CCC1(c1c3nccnc3c(C34CCC(CC3C)CC4C)c3nc4[nH]ccc4nc13)C(C)C2. The summed E-state index contributed by atoms with van der Waals surface area (Å²) in [7, 11) is 0. The Morgan fingerprint density at radius 1 is 0.676 bits per heavy atom. The summed E-state index contributed by atoms with van der Waals surface area (Å²) in [4.78, 5) is 24.7. The molecular weight excluding hydrogens is 454 g/mol. The lowest BCUT2D eigenvalue weighted by Gasteiger charge is -2.57. The summed E-state index contributed by atoms with van der Waals surface area (Å²) in [5.41, 5.74) is 9.22. The van der Waals surface area contributed by atoms with Crippen LogP contribution in [0.4, 0.5) is 0 Å². The van der Waals surface area contributed by atoms with Crippen LogP contribution in [0, 0.1) is 35.5 Å². The molecule has 5 nitrogen and oxygen atoms in total. The highest BCUT2D eigenvalue weighted by atomic mass is 14.9. The van der Waals surface area contributed by atoms with Gasteiger partial charge in [0.1, 0.15) is 5.52 Å². The number of aromatic nitrogens is 5. The van der Waals surface area contributed by atoms with E-state index in [2.05, 4.69) is 38.7 Å². The second-order valence-electron chi connectivity index (χ2n) is 13.6. The van der Waals surface area contributed by atoms with Crippen LogP contribution in [0.5, 0.6) is 0 Å². The first-order valence-electron chi connectivity index (χ1n) is 14.9. The zero-order valence-electron chi connectivity index (χ0n) is 22.7. The number of fused-ring (bicyclic) bond motifs is 9. The van der Waals surface area contributed by atoms with Crippen LogP contribution < -0.4 is 0 Å². The lowest BCUT2D eigenvalue weighted by molar-refractivity contribution is 0.0180. The Morgan fingerprint density at radius 3 is 1.65 bits per heavy atom. The molecule has 0 amide bonds. The van der Waals surface area contributed by atoms with Crippen LogP contribution in [-0.4, -0.2) is 24.9 Å². The van der Waals surface area contributed by atoms with Crippen molar-refractivity contribution in [2.24, 2.45) is 35.5 Å². The number of nitrogens with one attached hydrogen (secondary N) is 1. The quantitative estimate of drug-likeness (QED) is 0.294. The maximum absolute atomic E-state index is 5.46. The summed E-state index contributed by atoms with van der Waals surface area (Å²) >= 11 is 0. The molecule has 0 saturated heterocycles. The summed E-state index contributed by atoms with van der Waals surface area (Å²) in [6.45, 7) is 9.99. The van der Waals surface area contributed by atoms with E-state index in [-0.39, 0.29) is 10.8 Å². The maximum Gasteiger partial charge on any atom is 0.156 e. The van der Waals surface area contributed by atoms with Crippen LogP contribution in [0.2, 0.25) is 0 Å². The average Bonchev–Trinajstić information content (AvgIpc) is 3.34. The van der Waals surface area contributed by atoms with Crippen LogP contribution in [-0.2, 0) is 10.8 Å². The molecule has 3 aromatic heterocycles.